The lowest BCUT2D eigenvalue weighted by Crippen LogP contribution is -2.31. The van der Waals surface area contributed by atoms with Gasteiger partial charge in [0.25, 0.3) is 11.5 Å². The zero-order valence-electron chi connectivity index (χ0n) is 12.7. The van der Waals surface area contributed by atoms with Gasteiger partial charge in [-0.15, -0.1) is 17.8 Å². The van der Waals surface area contributed by atoms with Crippen LogP contribution < -0.4 is 10.9 Å². The van der Waals surface area contributed by atoms with Gasteiger partial charge in [0.2, 0.25) is 0 Å². The molecule has 0 saturated carbocycles. The Labute approximate surface area is 136 Å². The average molecular weight is 333 g/mol. The highest BCUT2D eigenvalue weighted by Gasteiger charge is 2.14. The lowest BCUT2D eigenvalue weighted by atomic mass is 10.2. The second-order valence-electron chi connectivity index (χ2n) is 4.78. The summed E-state index contributed by atoms with van der Waals surface area (Å²) < 4.78 is 5.97. The quantitative estimate of drug-likeness (QED) is 0.630. The number of amides is 1. The van der Waals surface area contributed by atoms with E-state index >= 15 is 0 Å². The highest BCUT2D eigenvalue weighted by atomic mass is 32.1. The molecule has 1 N–H and O–H groups in total. The van der Waals surface area contributed by atoms with E-state index in [1.807, 2.05) is 13.8 Å². The Hall–Kier alpha value is -2.66. The normalized spacial score (nSPS) is 10.3. The van der Waals surface area contributed by atoms with Crippen molar-refractivity contribution in [3.8, 4) is 12.3 Å². The molecular weight excluding hydrogens is 318 g/mol. The fourth-order valence-corrected chi connectivity index (χ4v) is 2.90. The summed E-state index contributed by atoms with van der Waals surface area (Å²) in [6.07, 6.45) is 6.30. The van der Waals surface area contributed by atoms with E-state index in [0.29, 0.717) is 10.2 Å². The van der Waals surface area contributed by atoms with Crippen LogP contribution in [0.4, 0.5) is 0 Å². The number of esters is 1. The van der Waals surface area contributed by atoms with Gasteiger partial charge < -0.3 is 10.1 Å². The van der Waals surface area contributed by atoms with E-state index in [1.165, 1.54) is 22.2 Å². The van der Waals surface area contributed by atoms with Crippen molar-refractivity contribution in [1.29, 1.82) is 0 Å². The monoisotopic (exact) mass is 333 g/mol. The molecule has 23 heavy (non-hydrogen) atoms. The van der Waals surface area contributed by atoms with Gasteiger partial charge in [0, 0.05) is 4.88 Å². The molecule has 0 radical (unpaired) electrons. The molecule has 0 spiro atoms. The number of carbonyl (C=O) groups excluding carboxylic acids is 2. The van der Waals surface area contributed by atoms with Crippen LogP contribution in [-0.4, -0.2) is 34.6 Å². The van der Waals surface area contributed by atoms with Gasteiger partial charge in [-0.05, 0) is 19.4 Å². The molecule has 0 fully saturated rings. The first-order valence-electron chi connectivity index (χ1n) is 6.75. The summed E-state index contributed by atoms with van der Waals surface area (Å²) in [7, 11) is 0. The first kappa shape index (κ1) is 16.7. The number of hydrogen-bond acceptors (Lipinski definition) is 6. The average Bonchev–Trinajstić information content (AvgIpc) is 2.81. The number of fused-ring (bicyclic) bond motifs is 1. The summed E-state index contributed by atoms with van der Waals surface area (Å²) >= 11 is 1.43. The Kier molecular flexibility index (Phi) is 5.13. The predicted octanol–water partition coefficient (Wildman–Crippen LogP) is 0.367. The van der Waals surface area contributed by atoms with E-state index in [4.69, 9.17) is 11.2 Å². The molecule has 1 amide bonds. The van der Waals surface area contributed by atoms with Crippen molar-refractivity contribution in [3.63, 3.8) is 0 Å². The van der Waals surface area contributed by atoms with Crippen LogP contribution in [-0.2, 0) is 20.9 Å². The van der Waals surface area contributed by atoms with E-state index in [0.717, 1.165) is 10.4 Å². The molecule has 7 nitrogen and oxygen atoms in total. The molecule has 0 saturated heterocycles. The summed E-state index contributed by atoms with van der Waals surface area (Å²) in [6.45, 7) is 3.07. The Morgan fingerprint density at radius 3 is 2.91 bits per heavy atom. The second-order valence-corrected chi connectivity index (χ2v) is 5.99. The minimum Gasteiger partial charge on any atom is -0.454 e. The van der Waals surface area contributed by atoms with E-state index < -0.39 is 18.5 Å². The van der Waals surface area contributed by atoms with Crippen LogP contribution in [0.3, 0.4) is 0 Å². The molecule has 2 rings (SSSR count). The number of carbonyl (C=O) groups is 2. The van der Waals surface area contributed by atoms with Gasteiger partial charge in [-0.1, -0.05) is 5.92 Å². The van der Waals surface area contributed by atoms with Gasteiger partial charge in [0.1, 0.15) is 11.4 Å². The van der Waals surface area contributed by atoms with Crippen molar-refractivity contribution < 1.29 is 14.3 Å². The van der Waals surface area contributed by atoms with Gasteiger partial charge in [-0.2, -0.15) is 0 Å². The molecule has 2 aromatic rings. The largest absolute Gasteiger partial charge is 0.454 e. The highest BCUT2D eigenvalue weighted by molar-refractivity contribution is 7.18. The summed E-state index contributed by atoms with van der Waals surface area (Å²) in [5, 5.41) is 2.87. The lowest BCUT2D eigenvalue weighted by molar-refractivity contribution is -0.149. The number of aryl methyl sites for hydroxylation is 2. The van der Waals surface area contributed by atoms with Gasteiger partial charge in [-0.3, -0.25) is 19.0 Å². The van der Waals surface area contributed by atoms with Crippen molar-refractivity contribution in [2.45, 2.75) is 20.4 Å². The first-order chi connectivity index (χ1) is 10.9. The molecule has 0 bridgehead atoms. The minimum absolute atomic E-state index is 0.0627. The maximum Gasteiger partial charge on any atom is 0.326 e. The van der Waals surface area contributed by atoms with Crippen LogP contribution in [0.2, 0.25) is 0 Å². The number of rotatable bonds is 5. The Morgan fingerprint density at radius 2 is 2.22 bits per heavy atom. The second kappa shape index (κ2) is 7.07. The predicted molar refractivity (Wildman–Crippen MR) is 86.2 cm³/mol. The Balaban J connectivity index is 2.07. The fourth-order valence-electron chi connectivity index (χ4n) is 1.91. The summed E-state index contributed by atoms with van der Waals surface area (Å²) in [4.78, 5) is 41.3. The number of thiophene rings is 1. The van der Waals surface area contributed by atoms with Crippen LogP contribution in [0.1, 0.15) is 10.4 Å². The van der Waals surface area contributed by atoms with Gasteiger partial charge in [0.15, 0.2) is 6.61 Å². The lowest BCUT2D eigenvalue weighted by Gasteiger charge is -2.06. The van der Waals surface area contributed by atoms with Crippen molar-refractivity contribution >= 4 is 33.4 Å². The van der Waals surface area contributed by atoms with Gasteiger partial charge in [-0.25, -0.2) is 4.98 Å². The van der Waals surface area contributed by atoms with Crippen molar-refractivity contribution in [2.24, 2.45) is 0 Å². The summed E-state index contributed by atoms with van der Waals surface area (Å²) in [5.41, 5.74) is 0.560. The number of nitrogens with one attached hydrogen (secondary N) is 1. The number of ether oxygens (including phenoxy) is 1. The zero-order valence-corrected chi connectivity index (χ0v) is 13.5. The highest BCUT2D eigenvalue weighted by Crippen LogP contribution is 2.25. The first-order valence-corrected chi connectivity index (χ1v) is 7.56. The minimum atomic E-state index is -0.700. The fraction of sp³-hybridized carbons (Fsp3) is 0.333. The van der Waals surface area contributed by atoms with E-state index in [9.17, 15) is 14.4 Å². The van der Waals surface area contributed by atoms with Crippen LogP contribution >= 0.6 is 11.3 Å². The standard InChI is InChI=1S/C15H15N3O4S/c1-4-5-16-11(19)7-22-12(20)6-18-8-17-14-13(15(18)21)9(2)10(3)23-14/h1,8H,5-7H2,2-3H3,(H,16,19). The smallest absolute Gasteiger partial charge is 0.326 e. The van der Waals surface area contributed by atoms with Crippen LogP contribution in [0.15, 0.2) is 11.1 Å². The maximum absolute atomic E-state index is 12.4. The Bertz CT molecular complexity index is 860. The number of nitrogens with zero attached hydrogens (tertiary/aromatic N) is 2. The third-order valence-corrected chi connectivity index (χ3v) is 4.32. The van der Waals surface area contributed by atoms with E-state index in [2.05, 4.69) is 16.2 Å². The summed E-state index contributed by atoms with van der Waals surface area (Å²) in [6, 6.07) is 0. The van der Waals surface area contributed by atoms with Crippen LogP contribution in [0.5, 0.6) is 0 Å². The van der Waals surface area contributed by atoms with Crippen molar-refractivity contribution in [2.75, 3.05) is 13.2 Å². The maximum atomic E-state index is 12.4. The summed E-state index contributed by atoms with van der Waals surface area (Å²) in [5.74, 6) is 1.03. The third-order valence-electron chi connectivity index (χ3n) is 3.21. The van der Waals surface area contributed by atoms with Gasteiger partial charge >= 0.3 is 5.97 Å². The molecule has 0 aromatic carbocycles. The SMILES string of the molecule is C#CCNC(=O)COC(=O)Cn1cnc2sc(C)c(C)c2c1=O. The molecule has 0 aliphatic heterocycles. The van der Waals surface area contributed by atoms with E-state index in [-0.39, 0.29) is 18.6 Å². The number of aromatic nitrogens is 2. The van der Waals surface area contributed by atoms with Gasteiger partial charge in [0.05, 0.1) is 18.3 Å². The van der Waals surface area contributed by atoms with E-state index in [1.54, 1.807) is 0 Å². The van der Waals surface area contributed by atoms with Crippen LogP contribution in [0.25, 0.3) is 10.2 Å². The molecule has 0 atom stereocenters. The zero-order chi connectivity index (χ0) is 17.0. The molecule has 2 heterocycles. The molecule has 0 aliphatic rings. The number of hydrogen-bond donors (Lipinski definition) is 1. The molecule has 0 aliphatic carbocycles. The van der Waals surface area contributed by atoms with Crippen molar-refractivity contribution in [1.82, 2.24) is 14.9 Å². The molecule has 2 aromatic heterocycles. The number of terminal acetylenes is 1. The van der Waals surface area contributed by atoms with Crippen molar-refractivity contribution in [3.05, 3.63) is 27.1 Å². The molecule has 0 unspecified atom stereocenters. The topological polar surface area (TPSA) is 90.3 Å². The molecular formula is C15H15N3O4S. The third kappa shape index (κ3) is 3.76. The van der Waals surface area contributed by atoms with Crippen LogP contribution in [0, 0.1) is 26.2 Å². The Morgan fingerprint density at radius 1 is 1.48 bits per heavy atom. The molecule has 120 valence electrons. The molecule has 8 heteroatoms.